The van der Waals surface area contributed by atoms with Crippen LogP contribution in [0.2, 0.25) is 0 Å². The van der Waals surface area contributed by atoms with Crippen LogP contribution in [0.5, 0.6) is 0 Å². The van der Waals surface area contributed by atoms with E-state index < -0.39 is 77.5 Å². The number of ether oxygens (including phenoxy) is 1. The van der Waals surface area contributed by atoms with Crippen molar-refractivity contribution in [3.05, 3.63) is 35.9 Å². The van der Waals surface area contributed by atoms with E-state index in [0.29, 0.717) is 12.8 Å². The number of amides is 5. The summed E-state index contributed by atoms with van der Waals surface area (Å²) in [6.45, 7) is 17.7. The first-order chi connectivity index (χ1) is 23.7. The first kappa shape index (κ1) is 44.8. The van der Waals surface area contributed by atoms with Gasteiger partial charge in [-0.25, -0.2) is 9.59 Å². The Morgan fingerprint density at radius 3 is 1.84 bits per heavy atom. The summed E-state index contributed by atoms with van der Waals surface area (Å²) in [6, 6.07) is 3.52. The molecule has 0 aliphatic heterocycles. The fourth-order valence-electron chi connectivity index (χ4n) is 5.29. The van der Waals surface area contributed by atoms with Crippen LogP contribution in [0.4, 0.5) is 4.79 Å². The SMILES string of the molecule is CCC(NC(=O)C(CC(C)C)NC(=O)OC(C)(C)C)C(=O)N[C@@H](Cc1ccccc1)[C@@H](N)CC(=O)N[C@H](C(=O)NC(C(=O)O)C(C)C)[C@@H](C)CC. The molecule has 0 aliphatic carbocycles. The molecule has 0 spiro atoms. The van der Waals surface area contributed by atoms with E-state index in [1.807, 2.05) is 51.1 Å². The molecule has 14 nitrogen and oxygen atoms in total. The lowest BCUT2D eigenvalue weighted by Crippen LogP contribution is -2.59. The van der Waals surface area contributed by atoms with Crippen LogP contribution in [0.3, 0.4) is 0 Å². The van der Waals surface area contributed by atoms with Gasteiger partial charge < -0.3 is 42.2 Å². The Hall–Kier alpha value is -4.20. The van der Waals surface area contributed by atoms with Crippen molar-refractivity contribution in [2.45, 2.75) is 143 Å². The van der Waals surface area contributed by atoms with Crippen LogP contribution in [0.1, 0.15) is 100 Å². The molecule has 0 aromatic heterocycles. The predicted molar refractivity (Wildman–Crippen MR) is 195 cm³/mol. The molecule has 51 heavy (non-hydrogen) atoms. The molecule has 1 aromatic rings. The van der Waals surface area contributed by atoms with E-state index in [-0.39, 0.29) is 37.0 Å². The number of alkyl carbamates (subject to hydrolysis) is 1. The van der Waals surface area contributed by atoms with Crippen molar-refractivity contribution in [2.24, 2.45) is 23.5 Å². The van der Waals surface area contributed by atoms with E-state index in [0.717, 1.165) is 5.56 Å². The monoisotopic (exact) mass is 718 g/mol. The van der Waals surface area contributed by atoms with Crippen LogP contribution in [-0.2, 0) is 35.1 Å². The first-order valence-corrected chi connectivity index (χ1v) is 17.9. The summed E-state index contributed by atoms with van der Waals surface area (Å²) >= 11 is 0. The number of carboxylic acids is 1. The molecule has 0 saturated carbocycles. The van der Waals surface area contributed by atoms with E-state index in [1.54, 1.807) is 48.5 Å². The van der Waals surface area contributed by atoms with E-state index in [1.165, 1.54) is 0 Å². The Morgan fingerprint density at radius 2 is 1.35 bits per heavy atom. The lowest BCUT2D eigenvalue weighted by atomic mass is 9.94. The number of carboxylic acid groups (broad SMARTS) is 1. The Kier molecular flexibility index (Phi) is 18.7. The minimum absolute atomic E-state index is 0.0452. The molecule has 1 rings (SSSR count). The number of carbonyl (C=O) groups excluding carboxylic acids is 5. The Labute approximate surface area is 303 Å². The molecular weight excluding hydrogens is 656 g/mol. The molecule has 1 aromatic carbocycles. The minimum atomic E-state index is -1.18. The van der Waals surface area contributed by atoms with Crippen molar-refractivity contribution in [1.29, 1.82) is 0 Å². The van der Waals surface area contributed by atoms with E-state index in [4.69, 9.17) is 10.5 Å². The topological polar surface area (TPSA) is 218 Å². The van der Waals surface area contributed by atoms with Gasteiger partial charge in [0.1, 0.15) is 29.8 Å². The third kappa shape index (κ3) is 16.6. The molecule has 0 aliphatic rings. The molecule has 7 atom stereocenters. The van der Waals surface area contributed by atoms with Gasteiger partial charge in [0.15, 0.2) is 0 Å². The molecule has 8 N–H and O–H groups in total. The molecular formula is C37H62N6O8. The molecule has 288 valence electrons. The normalized spacial score (nSPS) is 15.7. The number of hydrogen-bond donors (Lipinski definition) is 7. The standard InChI is InChI=1S/C37H62N6O8/c1-11-23(7)31(34(47)43-30(22(5)6)35(48)49)42-29(44)20-25(38)27(19-24-16-14-13-15-17-24)40-32(45)26(12-2)39-33(46)28(18-21(3)4)41-36(50)51-37(8,9)10/h13-17,21-23,25-28,30-31H,11-12,18-20,38H2,1-10H3,(H,39,46)(H,40,45)(H,41,50)(H,42,44)(H,43,47)(H,48,49)/t23-,25-,26?,27-,28?,30?,31-/m0/s1. The average Bonchev–Trinajstić information content (AvgIpc) is 3.02. The number of nitrogens with two attached hydrogens (primary N) is 1. The fourth-order valence-corrected chi connectivity index (χ4v) is 5.29. The molecule has 5 amide bonds. The maximum absolute atomic E-state index is 13.7. The van der Waals surface area contributed by atoms with Gasteiger partial charge in [0, 0.05) is 18.5 Å². The largest absolute Gasteiger partial charge is 0.480 e. The highest BCUT2D eigenvalue weighted by molar-refractivity contribution is 5.92. The van der Waals surface area contributed by atoms with Gasteiger partial charge in [-0.15, -0.1) is 0 Å². The van der Waals surface area contributed by atoms with E-state index in [9.17, 15) is 33.9 Å². The second-order valence-corrected chi connectivity index (χ2v) is 15.0. The van der Waals surface area contributed by atoms with Crippen LogP contribution in [-0.4, -0.2) is 82.6 Å². The highest BCUT2D eigenvalue weighted by Crippen LogP contribution is 2.14. The number of benzene rings is 1. The second-order valence-electron chi connectivity index (χ2n) is 15.0. The Balaban J connectivity index is 3.18. The van der Waals surface area contributed by atoms with Gasteiger partial charge >= 0.3 is 12.1 Å². The van der Waals surface area contributed by atoms with Gasteiger partial charge in [0.2, 0.25) is 23.6 Å². The number of hydrogen-bond acceptors (Lipinski definition) is 8. The number of aliphatic carboxylic acids is 1. The molecule has 0 bridgehead atoms. The minimum Gasteiger partial charge on any atom is -0.480 e. The summed E-state index contributed by atoms with van der Waals surface area (Å²) < 4.78 is 5.34. The zero-order chi connectivity index (χ0) is 39.1. The first-order valence-electron chi connectivity index (χ1n) is 17.9. The summed E-state index contributed by atoms with van der Waals surface area (Å²) in [7, 11) is 0. The second kappa shape index (κ2) is 21.2. The summed E-state index contributed by atoms with van der Waals surface area (Å²) in [5.41, 5.74) is 6.66. The van der Waals surface area contributed by atoms with Gasteiger partial charge in [0.25, 0.3) is 0 Å². The van der Waals surface area contributed by atoms with Crippen molar-refractivity contribution in [1.82, 2.24) is 26.6 Å². The highest BCUT2D eigenvalue weighted by Gasteiger charge is 2.34. The lowest BCUT2D eigenvalue weighted by Gasteiger charge is -2.30. The van der Waals surface area contributed by atoms with Crippen LogP contribution in [0.15, 0.2) is 30.3 Å². The molecule has 0 fully saturated rings. The average molecular weight is 719 g/mol. The lowest BCUT2D eigenvalue weighted by molar-refractivity contribution is -0.143. The van der Waals surface area contributed by atoms with Crippen molar-refractivity contribution >= 4 is 35.7 Å². The molecule has 14 heteroatoms. The number of rotatable bonds is 20. The van der Waals surface area contributed by atoms with Gasteiger partial charge in [-0.2, -0.15) is 0 Å². The van der Waals surface area contributed by atoms with Crippen LogP contribution in [0.25, 0.3) is 0 Å². The molecule has 0 heterocycles. The van der Waals surface area contributed by atoms with Gasteiger partial charge in [-0.1, -0.05) is 85.2 Å². The predicted octanol–water partition coefficient (Wildman–Crippen LogP) is 3.02. The maximum atomic E-state index is 13.7. The van der Waals surface area contributed by atoms with Crippen LogP contribution in [0, 0.1) is 17.8 Å². The van der Waals surface area contributed by atoms with E-state index in [2.05, 4.69) is 26.6 Å². The molecule has 3 unspecified atom stereocenters. The molecule has 0 saturated heterocycles. The van der Waals surface area contributed by atoms with Gasteiger partial charge in [0.05, 0.1) is 0 Å². The number of carbonyl (C=O) groups is 6. The summed E-state index contributed by atoms with van der Waals surface area (Å²) in [4.78, 5) is 77.8. The van der Waals surface area contributed by atoms with Crippen LogP contribution < -0.4 is 32.3 Å². The number of nitrogens with one attached hydrogen (secondary N) is 5. The Bertz CT molecular complexity index is 1300. The zero-order valence-electron chi connectivity index (χ0n) is 32.0. The Morgan fingerprint density at radius 1 is 0.765 bits per heavy atom. The quantitative estimate of drug-likeness (QED) is 0.105. The maximum Gasteiger partial charge on any atom is 0.408 e. The smallest absolute Gasteiger partial charge is 0.408 e. The fraction of sp³-hybridized carbons (Fsp3) is 0.676. The summed E-state index contributed by atoms with van der Waals surface area (Å²) in [5.74, 6) is -4.05. The van der Waals surface area contributed by atoms with Crippen molar-refractivity contribution in [3.8, 4) is 0 Å². The van der Waals surface area contributed by atoms with Crippen LogP contribution >= 0.6 is 0 Å². The van der Waals surface area contributed by atoms with Crippen molar-refractivity contribution in [3.63, 3.8) is 0 Å². The van der Waals surface area contributed by atoms with E-state index >= 15 is 0 Å². The molecule has 0 radical (unpaired) electrons. The third-order valence-electron chi connectivity index (χ3n) is 8.36. The van der Waals surface area contributed by atoms with Gasteiger partial charge in [-0.05, 0) is 63.4 Å². The third-order valence-corrected chi connectivity index (χ3v) is 8.36. The van der Waals surface area contributed by atoms with Crippen molar-refractivity contribution in [2.75, 3.05) is 0 Å². The van der Waals surface area contributed by atoms with Gasteiger partial charge in [-0.3, -0.25) is 19.2 Å². The van der Waals surface area contributed by atoms with Crippen molar-refractivity contribution < 1.29 is 38.6 Å². The highest BCUT2D eigenvalue weighted by atomic mass is 16.6. The summed E-state index contributed by atoms with van der Waals surface area (Å²) in [5, 5.41) is 23.1. The zero-order valence-corrected chi connectivity index (χ0v) is 32.0. The summed E-state index contributed by atoms with van der Waals surface area (Å²) in [6.07, 6.45) is 0.333.